The molecule has 3 rings (SSSR count). The smallest absolute Gasteiger partial charge is 0.127 e. The Balaban J connectivity index is 0.000000203. The molecule has 0 saturated heterocycles. The summed E-state index contributed by atoms with van der Waals surface area (Å²) in [6, 6.07) is 22.3. The van der Waals surface area contributed by atoms with Gasteiger partial charge in [0.05, 0.1) is 0 Å². The molecular formula is C19H21N3O. The number of hydrogen-bond donors (Lipinski definition) is 3. The van der Waals surface area contributed by atoms with Gasteiger partial charge < -0.3 is 21.9 Å². The number of aryl methyl sites for hydroxylation is 1. The van der Waals surface area contributed by atoms with Crippen LogP contribution in [0.5, 0.6) is 11.5 Å². The highest BCUT2D eigenvalue weighted by Gasteiger charge is 1.96. The van der Waals surface area contributed by atoms with Crippen LogP contribution in [0.2, 0.25) is 0 Å². The van der Waals surface area contributed by atoms with Crippen molar-refractivity contribution in [2.45, 2.75) is 6.92 Å². The number of ether oxygens (including phenoxy) is 1. The van der Waals surface area contributed by atoms with Crippen LogP contribution < -0.4 is 21.9 Å². The normalized spacial score (nSPS) is 9.61. The molecule has 0 aliphatic heterocycles. The number of benzene rings is 3. The molecule has 3 aromatic rings. The summed E-state index contributed by atoms with van der Waals surface area (Å²) >= 11 is 0. The molecule has 0 amide bonds. The second-order valence-electron chi connectivity index (χ2n) is 5.15. The van der Waals surface area contributed by atoms with Crippen LogP contribution >= 0.6 is 0 Å². The van der Waals surface area contributed by atoms with Crippen molar-refractivity contribution in [3.63, 3.8) is 0 Å². The van der Waals surface area contributed by atoms with E-state index in [9.17, 15) is 0 Å². The zero-order valence-corrected chi connectivity index (χ0v) is 13.1. The molecule has 0 bridgehead atoms. The minimum atomic E-state index is 0.722. The summed E-state index contributed by atoms with van der Waals surface area (Å²) in [5.74, 6) is 1.52. The first-order valence-corrected chi connectivity index (χ1v) is 7.24. The number of hydrogen-bond acceptors (Lipinski definition) is 4. The van der Waals surface area contributed by atoms with Gasteiger partial charge >= 0.3 is 0 Å². The second kappa shape index (κ2) is 7.75. The molecule has 0 fully saturated rings. The molecule has 3 aromatic carbocycles. The second-order valence-corrected chi connectivity index (χ2v) is 5.15. The molecule has 0 radical (unpaired) electrons. The van der Waals surface area contributed by atoms with Crippen LogP contribution in [0.25, 0.3) is 0 Å². The molecule has 0 aliphatic rings. The third-order valence-electron chi connectivity index (χ3n) is 3.07. The first-order valence-electron chi connectivity index (χ1n) is 7.24. The summed E-state index contributed by atoms with van der Waals surface area (Å²) in [7, 11) is 0. The summed E-state index contributed by atoms with van der Waals surface area (Å²) < 4.78 is 5.58. The molecule has 0 saturated carbocycles. The average Bonchev–Trinajstić information content (AvgIpc) is 2.55. The number of rotatable bonds is 2. The van der Waals surface area contributed by atoms with E-state index in [1.165, 1.54) is 5.56 Å². The van der Waals surface area contributed by atoms with E-state index in [1.807, 2.05) is 55.5 Å². The fraction of sp³-hybridized carbons (Fsp3) is 0.0526. The van der Waals surface area contributed by atoms with Gasteiger partial charge in [0, 0.05) is 17.1 Å². The Hall–Kier alpha value is -3.14. The van der Waals surface area contributed by atoms with Crippen LogP contribution in [0.1, 0.15) is 5.56 Å². The molecule has 4 nitrogen and oxygen atoms in total. The van der Waals surface area contributed by atoms with Crippen molar-refractivity contribution in [2.24, 2.45) is 0 Å². The van der Waals surface area contributed by atoms with E-state index in [0.29, 0.717) is 0 Å². The molecular weight excluding hydrogens is 286 g/mol. The van der Waals surface area contributed by atoms with E-state index in [1.54, 1.807) is 24.3 Å². The Morgan fingerprint density at radius 1 is 0.522 bits per heavy atom. The van der Waals surface area contributed by atoms with Gasteiger partial charge in [-0.15, -0.1) is 0 Å². The van der Waals surface area contributed by atoms with Gasteiger partial charge in [-0.2, -0.15) is 0 Å². The zero-order valence-electron chi connectivity index (χ0n) is 13.1. The predicted molar refractivity (Wildman–Crippen MR) is 97.4 cm³/mol. The lowest BCUT2D eigenvalue weighted by Gasteiger charge is -2.05. The van der Waals surface area contributed by atoms with Crippen molar-refractivity contribution in [3.05, 3.63) is 78.4 Å². The summed E-state index contributed by atoms with van der Waals surface area (Å²) in [5, 5.41) is 0. The predicted octanol–water partition coefficient (Wildman–Crippen LogP) is 4.22. The maximum Gasteiger partial charge on any atom is 0.127 e. The van der Waals surface area contributed by atoms with E-state index in [-0.39, 0.29) is 0 Å². The highest BCUT2D eigenvalue weighted by Crippen LogP contribution is 2.22. The molecule has 0 atom stereocenters. The van der Waals surface area contributed by atoms with Gasteiger partial charge in [-0.25, -0.2) is 0 Å². The van der Waals surface area contributed by atoms with E-state index in [2.05, 4.69) is 0 Å². The maximum atomic E-state index is 5.58. The standard InChI is InChI=1S/C12H12N2O.C7H9N/c13-9-1-5-11(6-2-9)15-12-7-3-10(14)4-8-12;1-6-2-4-7(8)5-3-6/h1-8H,13-14H2;2-5H,8H2,1H3. The third-order valence-corrected chi connectivity index (χ3v) is 3.07. The fourth-order valence-corrected chi connectivity index (χ4v) is 1.77. The summed E-state index contributed by atoms with van der Waals surface area (Å²) in [6.07, 6.45) is 0. The third kappa shape index (κ3) is 5.63. The zero-order chi connectivity index (χ0) is 16.7. The largest absolute Gasteiger partial charge is 0.457 e. The molecule has 0 aliphatic carbocycles. The van der Waals surface area contributed by atoms with Gasteiger partial charge in [-0.3, -0.25) is 0 Å². The summed E-state index contributed by atoms with van der Waals surface area (Å²) in [5.41, 5.74) is 20.1. The molecule has 0 aromatic heterocycles. The molecule has 118 valence electrons. The van der Waals surface area contributed by atoms with Crippen molar-refractivity contribution in [1.29, 1.82) is 0 Å². The van der Waals surface area contributed by atoms with Gasteiger partial charge in [-0.05, 0) is 67.6 Å². The Labute approximate surface area is 136 Å². The van der Waals surface area contributed by atoms with Gasteiger partial charge in [0.2, 0.25) is 0 Å². The Kier molecular flexibility index (Phi) is 5.47. The number of anilines is 3. The summed E-state index contributed by atoms with van der Waals surface area (Å²) in [4.78, 5) is 0. The average molecular weight is 307 g/mol. The van der Waals surface area contributed by atoms with Crippen LogP contribution in [0.3, 0.4) is 0 Å². The summed E-state index contributed by atoms with van der Waals surface area (Å²) in [6.45, 7) is 2.04. The molecule has 0 spiro atoms. The fourth-order valence-electron chi connectivity index (χ4n) is 1.77. The van der Waals surface area contributed by atoms with Gasteiger partial charge in [0.1, 0.15) is 11.5 Å². The van der Waals surface area contributed by atoms with Crippen molar-refractivity contribution in [1.82, 2.24) is 0 Å². The number of nitrogen functional groups attached to an aromatic ring is 3. The molecule has 0 heterocycles. The van der Waals surface area contributed by atoms with Crippen molar-refractivity contribution >= 4 is 17.1 Å². The molecule has 4 heteroatoms. The van der Waals surface area contributed by atoms with Gasteiger partial charge in [0.15, 0.2) is 0 Å². The lowest BCUT2D eigenvalue weighted by atomic mass is 10.2. The van der Waals surface area contributed by atoms with Gasteiger partial charge in [0.25, 0.3) is 0 Å². The Morgan fingerprint density at radius 2 is 0.826 bits per heavy atom. The van der Waals surface area contributed by atoms with Crippen LogP contribution in [0, 0.1) is 6.92 Å². The van der Waals surface area contributed by atoms with Gasteiger partial charge in [-0.1, -0.05) is 17.7 Å². The quantitative estimate of drug-likeness (QED) is 0.618. The Morgan fingerprint density at radius 3 is 1.13 bits per heavy atom. The van der Waals surface area contributed by atoms with Crippen LogP contribution in [0.15, 0.2) is 72.8 Å². The molecule has 23 heavy (non-hydrogen) atoms. The topological polar surface area (TPSA) is 87.3 Å². The van der Waals surface area contributed by atoms with Crippen molar-refractivity contribution < 1.29 is 4.74 Å². The molecule has 6 N–H and O–H groups in total. The van der Waals surface area contributed by atoms with Crippen molar-refractivity contribution in [2.75, 3.05) is 17.2 Å². The lowest BCUT2D eigenvalue weighted by Crippen LogP contribution is -1.87. The highest BCUT2D eigenvalue weighted by molar-refractivity contribution is 5.45. The highest BCUT2D eigenvalue weighted by atomic mass is 16.5. The molecule has 0 unspecified atom stereocenters. The number of nitrogens with two attached hydrogens (primary N) is 3. The van der Waals surface area contributed by atoms with Crippen LogP contribution in [0.4, 0.5) is 17.1 Å². The first kappa shape index (κ1) is 16.2. The minimum Gasteiger partial charge on any atom is -0.457 e. The van der Waals surface area contributed by atoms with Crippen LogP contribution in [-0.4, -0.2) is 0 Å². The van der Waals surface area contributed by atoms with Crippen molar-refractivity contribution in [3.8, 4) is 11.5 Å². The van der Waals surface area contributed by atoms with E-state index in [4.69, 9.17) is 21.9 Å². The minimum absolute atomic E-state index is 0.722. The monoisotopic (exact) mass is 307 g/mol. The Bertz CT molecular complexity index is 656. The lowest BCUT2D eigenvalue weighted by molar-refractivity contribution is 0.483. The van der Waals surface area contributed by atoms with E-state index < -0.39 is 0 Å². The van der Waals surface area contributed by atoms with E-state index in [0.717, 1.165) is 28.6 Å². The van der Waals surface area contributed by atoms with E-state index >= 15 is 0 Å². The SMILES string of the molecule is Cc1ccc(N)cc1.Nc1ccc(Oc2ccc(N)cc2)cc1. The maximum absolute atomic E-state index is 5.58. The van der Waals surface area contributed by atoms with Crippen LogP contribution in [-0.2, 0) is 0 Å². The first-order chi connectivity index (χ1) is 11.0.